The highest BCUT2D eigenvalue weighted by molar-refractivity contribution is 6.00. The van der Waals surface area contributed by atoms with Gasteiger partial charge in [0, 0.05) is 49.5 Å². The fourth-order valence-electron chi connectivity index (χ4n) is 8.39. The molecule has 4 heterocycles. The van der Waals surface area contributed by atoms with Crippen molar-refractivity contribution in [1.29, 1.82) is 0 Å². The number of aromatic nitrogens is 2. The summed E-state index contributed by atoms with van der Waals surface area (Å²) in [6.45, 7) is 10.1. The highest BCUT2D eigenvalue weighted by Gasteiger charge is 2.55. The molecule has 1 spiro atoms. The first-order valence-corrected chi connectivity index (χ1v) is 17.8. The predicted octanol–water partition coefficient (Wildman–Crippen LogP) is 3.91. The second-order valence-corrected chi connectivity index (χ2v) is 14.0. The number of nitrogens with one attached hydrogen (secondary N) is 2. The van der Waals surface area contributed by atoms with Gasteiger partial charge in [-0.1, -0.05) is 44.7 Å². The van der Waals surface area contributed by atoms with E-state index >= 15 is 0 Å². The molecule has 1 aliphatic carbocycles. The number of benzene rings is 1. The Kier molecular flexibility index (Phi) is 11.9. The topological polar surface area (TPSA) is 131 Å². The van der Waals surface area contributed by atoms with E-state index in [1.165, 1.54) is 0 Å². The summed E-state index contributed by atoms with van der Waals surface area (Å²) in [7, 11) is 0. The number of amides is 3. The summed E-state index contributed by atoms with van der Waals surface area (Å²) in [5, 5.41) is 22.0. The quantitative estimate of drug-likeness (QED) is 0.365. The lowest BCUT2D eigenvalue weighted by molar-refractivity contribution is -0.166. The zero-order valence-corrected chi connectivity index (χ0v) is 29.5. The molecule has 2 aromatic rings. The molecule has 1 unspecified atom stereocenters. The number of piperazine rings is 1. The van der Waals surface area contributed by atoms with Gasteiger partial charge in [-0.2, -0.15) is 5.10 Å². The molecule has 3 N–H and O–H groups in total. The highest BCUT2D eigenvalue weighted by atomic mass is 35.5. The molecular formula is C36H53ClN6O5. The number of rotatable bonds is 9. The van der Waals surface area contributed by atoms with Crippen molar-refractivity contribution in [2.75, 3.05) is 45.9 Å². The van der Waals surface area contributed by atoms with Crippen molar-refractivity contribution >= 4 is 30.1 Å². The molecular weight excluding hydrogens is 632 g/mol. The van der Waals surface area contributed by atoms with Crippen LogP contribution in [0.1, 0.15) is 104 Å². The number of aryl methyl sites for hydroxylation is 2. The third kappa shape index (κ3) is 7.02. The van der Waals surface area contributed by atoms with Crippen LogP contribution < -0.4 is 5.32 Å². The van der Waals surface area contributed by atoms with Gasteiger partial charge in [0.2, 0.25) is 11.8 Å². The first-order valence-electron chi connectivity index (χ1n) is 17.8. The Balaban J connectivity index is 0.00000451. The number of piperidine rings is 1. The number of aromatic amines is 1. The van der Waals surface area contributed by atoms with Crippen molar-refractivity contribution in [3.8, 4) is 0 Å². The number of aliphatic hydroxyl groups is 1. The van der Waals surface area contributed by atoms with E-state index in [0.717, 1.165) is 67.5 Å². The second-order valence-electron chi connectivity index (χ2n) is 14.0. The molecule has 12 heteroatoms. The maximum atomic E-state index is 14.1. The molecule has 1 saturated carbocycles. The first kappa shape index (κ1) is 36.3. The minimum absolute atomic E-state index is 0. The van der Waals surface area contributed by atoms with Crippen molar-refractivity contribution in [3.05, 3.63) is 52.3 Å². The molecule has 0 bridgehead atoms. The number of likely N-dealkylation sites (tertiary alicyclic amines) is 1. The van der Waals surface area contributed by atoms with E-state index in [0.29, 0.717) is 64.3 Å². The molecule has 264 valence electrons. The van der Waals surface area contributed by atoms with Crippen molar-refractivity contribution in [2.45, 2.75) is 102 Å². The lowest BCUT2D eigenvalue weighted by atomic mass is 9.77. The third-order valence-electron chi connectivity index (χ3n) is 11.2. The van der Waals surface area contributed by atoms with E-state index in [9.17, 15) is 19.5 Å². The van der Waals surface area contributed by atoms with Gasteiger partial charge in [0.15, 0.2) is 0 Å². The smallest absolute Gasteiger partial charge is 0.254 e. The molecule has 1 aromatic heterocycles. The standard InChI is InChI=1S/C36H52N6O5.ClH/c1-4-5-17-42-34(45)30(32(43)27-9-7-6-8-10-27)37-35(46)36(42)15-18-40(19-16-36)31(29-24(2)38-39-25(29)3)26-11-13-28(14-12-26)33(44)41-20-22-47-23-21-41;/h11-14,27,30-32,43H,4-10,15-23H2,1-3H3,(H,37,46)(H,38,39);1H/t30-,31?,32-;/m1./s1. The van der Waals surface area contributed by atoms with Gasteiger partial charge >= 0.3 is 0 Å². The van der Waals surface area contributed by atoms with E-state index in [1.807, 2.05) is 47.9 Å². The summed E-state index contributed by atoms with van der Waals surface area (Å²) < 4.78 is 5.42. The van der Waals surface area contributed by atoms with Gasteiger partial charge < -0.3 is 25.0 Å². The number of morpholine rings is 1. The van der Waals surface area contributed by atoms with Crippen LogP contribution in [0.5, 0.6) is 0 Å². The highest BCUT2D eigenvalue weighted by Crippen LogP contribution is 2.40. The summed E-state index contributed by atoms with van der Waals surface area (Å²) in [5.41, 5.74) is 3.75. The first-order chi connectivity index (χ1) is 22.7. The molecule has 3 amide bonds. The van der Waals surface area contributed by atoms with Gasteiger partial charge in [0.05, 0.1) is 31.1 Å². The van der Waals surface area contributed by atoms with Crippen LogP contribution in [0.4, 0.5) is 0 Å². The largest absolute Gasteiger partial charge is 0.390 e. The van der Waals surface area contributed by atoms with Gasteiger partial charge in [0.25, 0.3) is 5.91 Å². The Morgan fingerprint density at radius 1 is 1.04 bits per heavy atom. The zero-order valence-electron chi connectivity index (χ0n) is 28.7. The normalized spacial score (nSPS) is 23.5. The summed E-state index contributed by atoms with van der Waals surface area (Å²) in [6.07, 6.45) is 6.92. The maximum absolute atomic E-state index is 14.1. The molecule has 3 aliphatic heterocycles. The van der Waals surface area contributed by atoms with Crippen molar-refractivity contribution in [1.82, 2.24) is 30.2 Å². The number of unbranched alkanes of at least 4 members (excludes halogenated alkanes) is 1. The van der Waals surface area contributed by atoms with Crippen molar-refractivity contribution in [2.24, 2.45) is 5.92 Å². The number of hydrogen-bond acceptors (Lipinski definition) is 7. The molecule has 3 saturated heterocycles. The molecule has 6 rings (SSSR count). The number of hydrogen-bond donors (Lipinski definition) is 3. The number of aliphatic hydroxyl groups excluding tert-OH is 1. The van der Waals surface area contributed by atoms with Crippen LogP contribution in [0, 0.1) is 19.8 Å². The van der Waals surface area contributed by atoms with E-state index in [4.69, 9.17) is 4.74 Å². The molecule has 11 nitrogen and oxygen atoms in total. The Morgan fingerprint density at radius 3 is 2.31 bits per heavy atom. The van der Waals surface area contributed by atoms with E-state index in [2.05, 4.69) is 27.3 Å². The average molecular weight is 685 g/mol. The van der Waals surface area contributed by atoms with Gasteiger partial charge in [0.1, 0.15) is 11.6 Å². The molecule has 0 radical (unpaired) electrons. The number of ether oxygens (including phenoxy) is 1. The lowest BCUT2D eigenvalue weighted by Crippen LogP contribution is -2.75. The molecule has 48 heavy (non-hydrogen) atoms. The van der Waals surface area contributed by atoms with E-state index in [-0.39, 0.29) is 42.1 Å². The van der Waals surface area contributed by atoms with Crippen LogP contribution in [0.15, 0.2) is 24.3 Å². The van der Waals surface area contributed by atoms with Gasteiger partial charge in [-0.25, -0.2) is 0 Å². The Labute approximate surface area is 290 Å². The summed E-state index contributed by atoms with van der Waals surface area (Å²) >= 11 is 0. The summed E-state index contributed by atoms with van der Waals surface area (Å²) in [6, 6.07) is 6.88. The van der Waals surface area contributed by atoms with Crippen LogP contribution >= 0.6 is 12.4 Å². The van der Waals surface area contributed by atoms with Crippen LogP contribution in [0.2, 0.25) is 0 Å². The predicted molar refractivity (Wildman–Crippen MR) is 185 cm³/mol. The number of H-pyrrole nitrogens is 1. The average Bonchev–Trinajstić information content (AvgIpc) is 3.44. The monoisotopic (exact) mass is 684 g/mol. The summed E-state index contributed by atoms with van der Waals surface area (Å²) in [4.78, 5) is 47.5. The third-order valence-corrected chi connectivity index (χ3v) is 11.2. The number of nitrogens with zero attached hydrogens (tertiary/aromatic N) is 4. The van der Waals surface area contributed by atoms with Crippen LogP contribution in [-0.2, 0) is 14.3 Å². The zero-order chi connectivity index (χ0) is 33.1. The summed E-state index contributed by atoms with van der Waals surface area (Å²) in [5.74, 6) is -0.215. The lowest BCUT2D eigenvalue weighted by Gasteiger charge is -2.53. The number of carbonyl (C=O) groups excluding carboxylic acids is 3. The maximum Gasteiger partial charge on any atom is 0.254 e. The number of carbonyl (C=O) groups is 3. The molecule has 4 fully saturated rings. The Bertz CT molecular complexity index is 1390. The van der Waals surface area contributed by atoms with Crippen LogP contribution in [0.25, 0.3) is 0 Å². The second kappa shape index (κ2) is 15.7. The SMILES string of the molecule is CCCCN1C(=O)[C@@H]([C@H](O)C2CCCCC2)NC(=O)C12CCN(C(c1ccc(C(=O)N3CCOCC3)cc1)c1c(C)n[nH]c1C)CC2.Cl. The van der Waals surface area contributed by atoms with E-state index < -0.39 is 17.7 Å². The Morgan fingerprint density at radius 2 is 1.71 bits per heavy atom. The van der Waals surface area contributed by atoms with E-state index in [1.54, 1.807) is 0 Å². The van der Waals surface area contributed by atoms with Crippen LogP contribution in [0.3, 0.4) is 0 Å². The Hall–Kier alpha value is -2.99. The van der Waals surface area contributed by atoms with Gasteiger partial charge in [-0.3, -0.25) is 24.4 Å². The van der Waals surface area contributed by atoms with Gasteiger partial charge in [-0.15, -0.1) is 12.4 Å². The van der Waals surface area contributed by atoms with Crippen molar-refractivity contribution < 1.29 is 24.2 Å². The molecule has 1 aromatic carbocycles. The molecule has 4 aliphatic rings. The fourth-order valence-corrected chi connectivity index (χ4v) is 8.39. The fraction of sp³-hybridized carbons (Fsp3) is 0.667. The minimum atomic E-state index is -0.939. The molecule has 3 atom stereocenters. The minimum Gasteiger partial charge on any atom is -0.390 e. The van der Waals surface area contributed by atoms with Crippen molar-refractivity contribution in [3.63, 3.8) is 0 Å². The van der Waals surface area contributed by atoms with Gasteiger partial charge in [-0.05, 0) is 69.6 Å². The number of halogens is 1. The van der Waals surface area contributed by atoms with Crippen LogP contribution in [-0.4, -0.2) is 111 Å².